The van der Waals surface area contributed by atoms with Gasteiger partial charge in [-0.1, -0.05) is 19.9 Å². The second kappa shape index (κ2) is 16.5. The van der Waals surface area contributed by atoms with Crippen molar-refractivity contribution in [2.24, 2.45) is 10.9 Å². The molecule has 0 bridgehead atoms. The zero-order valence-corrected chi connectivity index (χ0v) is 22.1. The zero-order valence-electron chi connectivity index (χ0n) is 19.7. The number of nitrogens with one attached hydrogen (secondary N) is 2. The fraction of sp³-hybridized carbons (Fsp3) is 0.696. The fourth-order valence-corrected chi connectivity index (χ4v) is 3.53. The van der Waals surface area contributed by atoms with Crippen molar-refractivity contribution < 1.29 is 9.47 Å². The van der Waals surface area contributed by atoms with E-state index in [4.69, 9.17) is 14.5 Å². The Morgan fingerprint density at radius 1 is 1.13 bits per heavy atom. The fourth-order valence-electron chi connectivity index (χ4n) is 3.53. The molecule has 1 heterocycles. The number of likely N-dealkylation sites (N-methyl/N-ethyl adjacent to an activating group) is 1. The molecule has 1 aromatic carbocycles. The van der Waals surface area contributed by atoms with Crippen LogP contribution >= 0.6 is 24.0 Å². The summed E-state index contributed by atoms with van der Waals surface area (Å²) in [6, 6.07) is 8.01. The quantitative estimate of drug-likeness (QED) is 0.181. The number of hydrogen-bond donors (Lipinski definition) is 2. The maximum Gasteiger partial charge on any atom is 0.195 e. The molecule has 1 aliphatic rings. The van der Waals surface area contributed by atoms with E-state index in [9.17, 15) is 0 Å². The molecule has 1 atom stereocenters. The summed E-state index contributed by atoms with van der Waals surface area (Å²) in [5.74, 6) is 2.19. The smallest absolute Gasteiger partial charge is 0.195 e. The minimum absolute atomic E-state index is 0. The normalized spacial score (nSPS) is 16.5. The topological polar surface area (TPSA) is 61.4 Å². The number of halogens is 1. The Balaban J connectivity index is 0.00000480. The molecule has 1 saturated heterocycles. The van der Waals surface area contributed by atoms with Crippen molar-refractivity contribution >= 4 is 35.6 Å². The second-order valence-corrected chi connectivity index (χ2v) is 7.91. The first-order chi connectivity index (χ1) is 14.6. The van der Waals surface area contributed by atoms with Crippen molar-refractivity contribution in [1.29, 1.82) is 0 Å². The number of nitrogens with zero attached hydrogens (tertiary/aromatic N) is 3. The predicted molar refractivity (Wildman–Crippen MR) is 141 cm³/mol. The lowest BCUT2D eigenvalue weighted by Crippen LogP contribution is -2.47. The number of piperazine rings is 1. The Kier molecular flexibility index (Phi) is 14.9. The van der Waals surface area contributed by atoms with Crippen LogP contribution in [0.5, 0.6) is 5.75 Å². The van der Waals surface area contributed by atoms with Crippen LogP contribution < -0.4 is 15.4 Å². The minimum Gasteiger partial charge on any atom is -0.493 e. The predicted octanol–water partition coefficient (Wildman–Crippen LogP) is 3.37. The van der Waals surface area contributed by atoms with Crippen molar-refractivity contribution in [3.8, 4) is 5.75 Å². The third kappa shape index (κ3) is 11.4. The lowest BCUT2D eigenvalue weighted by Gasteiger charge is -2.35. The maximum absolute atomic E-state index is 5.80. The van der Waals surface area contributed by atoms with E-state index in [-0.39, 0.29) is 24.0 Å². The van der Waals surface area contributed by atoms with Crippen LogP contribution in [0.3, 0.4) is 0 Å². The Morgan fingerprint density at radius 3 is 2.55 bits per heavy atom. The van der Waals surface area contributed by atoms with Gasteiger partial charge in [-0.05, 0) is 31.5 Å². The monoisotopic (exact) mass is 547 g/mol. The SMILES string of the molecule is CCNC(=NCC(C)CN1CCN(CC)CC1)Nc1cccc(OCCCOC)c1.I. The summed E-state index contributed by atoms with van der Waals surface area (Å²) in [6.07, 6.45) is 0.879. The molecule has 0 aliphatic carbocycles. The Bertz CT molecular complexity index is 624. The van der Waals surface area contributed by atoms with Crippen LogP contribution in [0.2, 0.25) is 0 Å². The standard InChI is InChI=1S/C23H41N5O2.HI/c1-5-24-23(25-18-20(3)19-28-13-11-27(6-2)12-14-28)26-21-9-7-10-22(17-21)30-16-8-15-29-4;/h7,9-10,17,20H,5-6,8,11-16,18-19H2,1-4H3,(H2,24,25,26);1H. The molecule has 8 heteroatoms. The highest BCUT2D eigenvalue weighted by molar-refractivity contribution is 14.0. The molecule has 1 aliphatic heterocycles. The van der Waals surface area contributed by atoms with E-state index < -0.39 is 0 Å². The number of benzene rings is 1. The van der Waals surface area contributed by atoms with Crippen LogP contribution in [-0.2, 0) is 4.74 Å². The molecular weight excluding hydrogens is 505 g/mol. The van der Waals surface area contributed by atoms with Crippen LogP contribution in [0.4, 0.5) is 5.69 Å². The van der Waals surface area contributed by atoms with Gasteiger partial charge in [-0.3, -0.25) is 4.99 Å². The van der Waals surface area contributed by atoms with E-state index in [1.54, 1.807) is 7.11 Å². The molecule has 1 aromatic rings. The van der Waals surface area contributed by atoms with E-state index in [0.29, 0.717) is 19.1 Å². The van der Waals surface area contributed by atoms with Crippen molar-refractivity contribution in [2.45, 2.75) is 27.2 Å². The number of rotatable bonds is 12. The van der Waals surface area contributed by atoms with Gasteiger partial charge in [0.2, 0.25) is 0 Å². The first-order valence-electron chi connectivity index (χ1n) is 11.4. The van der Waals surface area contributed by atoms with Gasteiger partial charge < -0.3 is 29.9 Å². The van der Waals surface area contributed by atoms with E-state index in [2.05, 4.69) is 41.2 Å². The molecule has 1 fully saturated rings. The highest BCUT2D eigenvalue weighted by atomic mass is 127. The average Bonchev–Trinajstić information content (AvgIpc) is 2.76. The maximum atomic E-state index is 5.80. The lowest BCUT2D eigenvalue weighted by molar-refractivity contribution is 0.125. The molecule has 7 nitrogen and oxygen atoms in total. The first-order valence-corrected chi connectivity index (χ1v) is 11.4. The van der Waals surface area contributed by atoms with Gasteiger partial charge in [0.05, 0.1) is 6.61 Å². The Hall–Kier alpha value is -1.10. The average molecular weight is 548 g/mol. The summed E-state index contributed by atoms with van der Waals surface area (Å²) in [4.78, 5) is 9.90. The molecule has 2 N–H and O–H groups in total. The number of guanidine groups is 1. The van der Waals surface area contributed by atoms with E-state index in [1.807, 2.05) is 24.3 Å². The van der Waals surface area contributed by atoms with Crippen molar-refractivity contribution in [2.75, 3.05) is 78.0 Å². The molecule has 0 aromatic heterocycles. The largest absolute Gasteiger partial charge is 0.493 e. The van der Waals surface area contributed by atoms with Crippen LogP contribution in [0.1, 0.15) is 27.2 Å². The zero-order chi connectivity index (χ0) is 21.6. The summed E-state index contributed by atoms with van der Waals surface area (Å²) in [6.45, 7) is 16.6. The number of methoxy groups -OCH3 is 1. The van der Waals surface area contributed by atoms with Gasteiger partial charge in [0.25, 0.3) is 0 Å². The van der Waals surface area contributed by atoms with Crippen LogP contribution in [0, 0.1) is 5.92 Å². The summed E-state index contributed by atoms with van der Waals surface area (Å²) in [7, 11) is 1.71. The number of aliphatic imine (C=N–C) groups is 1. The number of ether oxygens (including phenoxy) is 2. The van der Waals surface area contributed by atoms with Crippen LogP contribution in [0.15, 0.2) is 29.3 Å². The van der Waals surface area contributed by atoms with E-state index >= 15 is 0 Å². The Labute approximate surface area is 206 Å². The van der Waals surface area contributed by atoms with Crippen LogP contribution in [-0.4, -0.2) is 88.4 Å². The third-order valence-electron chi connectivity index (χ3n) is 5.25. The molecule has 0 spiro atoms. The number of anilines is 1. The molecule has 0 saturated carbocycles. The summed E-state index contributed by atoms with van der Waals surface area (Å²) >= 11 is 0. The van der Waals surface area contributed by atoms with Gasteiger partial charge in [0, 0.05) is 77.7 Å². The van der Waals surface area contributed by atoms with Crippen molar-refractivity contribution in [3.63, 3.8) is 0 Å². The van der Waals surface area contributed by atoms with Gasteiger partial charge in [-0.15, -0.1) is 24.0 Å². The summed E-state index contributed by atoms with van der Waals surface area (Å²) in [5.41, 5.74) is 0.974. The molecule has 31 heavy (non-hydrogen) atoms. The second-order valence-electron chi connectivity index (χ2n) is 7.91. The van der Waals surface area contributed by atoms with Crippen LogP contribution in [0.25, 0.3) is 0 Å². The molecular formula is C23H42IN5O2. The highest BCUT2D eigenvalue weighted by Crippen LogP contribution is 2.17. The van der Waals surface area contributed by atoms with Gasteiger partial charge >= 0.3 is 0 Å². The Morgan fingerprint density at radius 2 is 1.87 bits per heavy atom. The lowest BCUT2D eigenvalue weighted by atomic mass is 10.1. The van der Waals surface area contributed by atoms with E-state index in [0.717, 1.165) is 63.1 Å². The van der Waals surface area contributed by atoms with Crippen molar-refractivity contribution in [3.05, 3.63) is 24.3 Å². The highest BCUT2D eigenvalue weighted by Gasteiger charge is 2.17. The summed E-state index contributed by atoms with van der Waals surface area (Å²) < 4.78 is 10.9. The number of hydrogen-bond acceptors (Lipinski definition) is 5. The minimum atomic E-state index is 0. The molecule has 178 valence electrons. The van der Waals surface area contributed by atoms with Gasteiger partial charge in [0.1, 0.15) is 5.75 Å². The van der Waals surface area contributed by atoms with E-state index in [1.165, 1.54) is 13.1 Å². The van der Waals surface area contributed by atoms with Crippen molar-refractivity contribution in [1.82, 2.24) is 15.1 Å². The third-order valence-corrected chi connectivity index (χ3v) is 5.25. The molecule has 1 unspecified atom stereocenters. The summed E-state index contributed by atoms with van der Waals surface area (Å²) in [5, 5.41) is 6.75. The van der Waals surface area contributed by atoms with Gasteiger partial charge in [-0.25, -0.2) is 0 Å². The molecule has 2 rings (SSSR count). The molecule has 0 radical (unpaired) electrons. The molecule has 0 amide bonds. The van der Waals surface area contributed by atoms with Gasteiger partial charge in [-0.2, -0.15) is 0 Å². The van der Waals surface area contributed by atoms with Gasteiger partial charge in [0.15, 0.2) is 5.96 Å². The first kappa shape index (κ1) is 27.9.